The molecule has 1 unspecified atom stereocenters. The molecular weight excluding hydrogens is 256 g/mol. The van der Waals surface area contributed by atoms with Crippen molar-refractivity contribution in [3.63, 3.8) is 0 Å². The predicted molar refractivity (Wildman–Crippen MR) is 78.3 cm³/mol. The van der Waals surface area contributed by atoms with Crippen LogP contribution in [0.2, 0.25) is 0 Å². The summed E-state index contributed by atoms with van der Waals surface area (Å²) >= 11 is 1.58. The Hall–Kier alpha value is -1.81. The van der Waals surface area contributed by atoms with Gasteiger partial charge in [0, 0.05) is 17.3 Å². The van der Waals surface area contributed by atoms with Gasteiger partial charge < -0.3 is 5.32 Å². The van der Waals surface area contributed by atoms with Crippen LogP contribution < -0.4 is 5.32 Å². The highest BCUT2D eigenvalue weighted by atomic mass is 32.2. The summed E-state index contributed by atoms with van der Waals surface area (Å²) in [6, 6.07) is 11.4. The first-order valence-electron chi connectivity index (χ1n) is 6.06. The van der Waals surface area contributed by atoms with Crippen molar-refractivity contribution in [1.82, 2.24) is 10.3 Å². The van der Waals surface area contributed by atoms with Crippen molar-refractivity contribution in [2.75, 3.05) is 6.26 Å². The van der Waals surface area contributed by atoms with Gasteiger partial charge in [-0.2, -0.15) is 0 Å². The van der Waals surface area contributed by atoms with Crippen LogP contribution in [-0.2, 0) is 0 Å². The molecule has 0 spiro atoms. The number of nitrogens with zero attached hydrogens (tertiary/aromatic N) is 1. The first-order chi connectivity index (χ1) is 9.22. The SMILES string of the molecule is CSc1ccccc1C(=O)NC(C)c1ccncc1. The zero-order valence-corrected chi connectivity index (χ0v) is 11.8. The largest absolute Gasteiger partial charge is 0.345 e. The molecule has 2 rings (SSSR count). The van der Waals surface area contributed by atoms with E-state index in [0.717, 1.165) is 16.0 Å². The highest BCUT2D eigenvalue weighted by molar-refractivity contribution is 7.98. The Kier molecular flexibility index (Phi) is 4.58. The van der Waals surface area contributed by atoms with Crippen molar-refractivity contribution in [1.29, 1.82) is 0 Å². The Morgan fingerprint density at radius 2 is 1.89 bits per heavy atom. The Bertz CT molecular complexity index is 557. The van der Waals surface area contributed by atoms with Crippen LogP contribution in [0.3, 0.4) is 0 Å². The highest BCUT2D eigenvalue weighted by Crippen LogP contribution is 2.20. The number of aromatic nitrogens is 1. The monoisotopic (exact) mass is 272 g/mol. The molecule has 0 fully saturated rings. The molecule has 2 aromatic rings. The summed E-state index contributed by atoms with van der Waals surface area (Å²) in [5.41, 5.74) is 1.76. The van der Waals surface area contributed by atoms with E-state index in [2.05, 4.69) is 10.3 Å². The molecule has 0 saturated carbocycles. The molecule has 1 amide bonds. The fourth-order valence-electron chi connectivity index (χ4n) is 1.84. The van der Waals surface area contributed by atoms with Gasteiger partial charge in [0.15, 0.2) is 0 Å². The van der Waals surface area contributed by atoms with Gasteiger partial charge in [-0.15, -0.1) is 11.8 Å². The maximum atomic E-state index is 12.3. The minimum Gasteiger partial charge on any atom is -0.345 e. The first-order valence-corrected chi connectivity index (χ1v) is 7.28. The van der Waals surface area contributed by atoms with Gasteiger partial charge in [0.2, 0.25) is 0 Å². The third-order valence-electron chi connectivity index (χ3n) is 2.91. The average Bonchev–Trinajstić information content (AvgIpc) is 2.48. The number of carbonyl (C=O) groups is 1. The molecule has 0 bridgehead atoms. The molecular formula is C15H16N2OS. The Morgan fingerprint density at radius 1 is 1.21 bits per heavy atom. The lowest BCUT2D eigenvalue weighted by Crippen LogP contribution is -2.27. The van der Waals surface area contributed by atoms with Crippen molar-refractivity contribution in [2.45, 2.75) is 17.9 Å². The van der Waals surface area contributed by atoms with Crippen LogP contribution in [0.1, 0.15) is 28.9 Å². The molecule has 0 aliphatic heterocycles. The third kappa shape index (κ3) is 3.35. The minimum absolute atomic E-state index is 0.0367. The highest BCUT2D eigenvalue weighted by Gasteiger charge is 2.13. The number of nitrogens with one attached hydrogen (secondary N) is 1. The lowest BCUT2D eigenvalue weighted by molar-refractivity contribution is 0.0937. The van der Waals surface area contributed by atoms with Crippen LogP contribution >= 0.6 is 11.8 Å². The second-order valence-electron chi connectivity index (χ2n) is 4.18. The summed E-state index contributed by atoms with van der Waals surface area (Å²) in [6.45, 7) is 1.97. The van der Waals surface area contributed by atoms with Gasteiger partial charge >= 0.3 is 0 Å². The number of pyridine rings is 1. The number of benzene rings is 1. The van der Waals surface area contributed by atoms with Gasteiger partial charge in [-0.1, -0.05) is 12.1 Å². The summed E-state index contributed by atoms with van der Waals surface area (Å²) in [5.74, 6) is -0.0470. The second kappa shape index (κ2) is 6.38. The zero-order valence-electron chi connectivity index (χ0n) is 11.0. The zero-order chi connectivity index (χ0) is 13.7. The number of hydrogen-bond donors (Lipinski definition) is 1. The summed E-state index contributed by atoms with van der Waals surface area (Å²) < 4.78 is 0. The molecule has 1 aromatic heterocycles. The topological polar surface area (TPSA) is 42.0 Å². The van der Waals surface area contributed by atoms with Crippen molar-refractivity contribution in [3.8, 4) is 0 Å². The predicted octanol–water partition coefficient (Wildman–Crippen LogP) is 3.29. The summed E-state index contributed by atoms with van der Waals surface area (Å²) in [5, 5.41) is 3.01. The Balaban J connectivity index is 2.13. The standard InChI is InChI=1S/C15H16N2OS/c1-11(12-7-9-16-10-8-12)17-15(18)13-5-3-4-6-14(13)19-2/h3-11H,1-2H3,(H,17,18). The lowest BCUT2D eigenvalue weighted by Gasteiger charge is -2.15. The molecule has 0 aliphatic carbocycles. The van der Waals surface area contributed by atoms with Crippen molar-refractivity contribution >= 4 is 17.7 Å². The van der Waals surface area contributed by atoms with Crippen LogP contribution in [0.5, 0.6) is 0 Å². The molecule has 19 heavy (non-hydrogen) atoms. The normalized spacial score (nSPS) is 11.9. The van der Waals surface area contributed by atoms with E-state index in [-0.39, 0.29) is 11.9 Å². The smallest absolute Gasteiger partial charge is 0.252 e. The maximum absolute atomic E-state index is 12.3. The van der Waals surface area contributed by atoms with E-state index in [4.69, 9.17) is 0 Å². The number of carbonyl (C=O) groups excluding carboxylic acids is 1. The number of amides is 1. The quantitative estimate of drug-likeness (QED) is 0.868. The van der Waals surface area contributed by atoms with Crippen LogP contribution in [-0.4, -0.2) is 17.1 Å². The number of rotatable bonds is 4. The molecule has 1 atom stereocenters. The fourth-order valence-corrected chi connectivity index (χ4v) is 2.44. The lowest BCUT2D eigenvalue weighted by atomic mass is 10.1. The van der Waals surface area contributed by atoms with Crippen molar-refractivity contribution in [3.05, 3.63) is 59.9 Å². The Morgan fingerprint density at radius 3 is 2.58 bits per heavy atom. The second-order valence-corrected chi connectivity index (χ2v) is 5.02. The van der Waals surface area contributed by atoms with Gasteiger partial charge in [0.1, 0.15) is 0 Å². The van der Waals surface area contributed by atoms with Gasteiger partial charge in [0.25, 0.3) is 5.91 Å². The molecule has 0 saturated heterocycles. The molecule has 1 heterocycles. The Labute approximate surface area is 117 Å². The molecule has 1 aromatic carbocycles. The first kappa shape index (κ1) is 13.6. The van der Waals surface area contributed by atoms with E-state index in [1.807, 2.05) is 49.6 Å². The molecule has 0 aliphatic rings. The van der Waals surface area contributed by atoms with Gasteiger partial charge in [-0.3, -0.25) is 9.78 Å². The summed E-state index contributed by atoms with van der Waals surface area (Å²) in [7, 11) is 0. The van der Waals surface area contributed by atoms with Crippen molar-refractivity contribution < 1.29 is 4.79 Å². The molecule has 0 radical (unpaired) electrons. The minimum atomic E-state index is -0.0470. The van der Waals surface area contributed by atoms with Crippen LogP contribution in [0.4, 0.5) is 0 Å². The summed E-state index contributed by atoms with van der Waals surface area (Å²) in [4.78, 5) is 17.2. The van der Waals surface area contributed by atoms with Gasteiger partial charge in [0.05, 0.1) is 11.6 Å². The molecule has 3 nitrogen and oxygen atoms in total. The van der Waals surface area contributed by atoms with E-state index in [1.165, 1.54) is 0 Å². The molecule has 98 valence electrons. The maximum Gasteiger partial charge on any atom is 0.252 e. The number of thioether (sulfide) groups is 1. The van der Waals surface area contributed by atoms with Gasteiger partial charge in [-0.05, 0) is 43.0 Å². The molecule has 4 heteroatoms. The summed E-state index contributed by atoms with van der Waals surface area (Å²) in [6.07, 6.45) is 5.43. The molecule has 1 N–H and O–H groups in total. The van der Waals surface area contributed by atoms with Crippen LogP contribution in [0.25, 0.3) is 0 Å². The van der Waals surface area contributed by atoms with E-state index in [1.54, 1.807) is 24.2 Å². The van der Waals surface area contributed by atoms with Gasteiger partial charge in [-0.25, -0.2) is 0 Å². The fraction of sp³-hybridized carbons (Fsp3) is 0.200. The van der Waals surface area contributed by atoms with Crippen LogP contribution in [0.15, 0.2) is 53.7 Å². The van der Waals surface area contributed by atoms with E-state index in [9.17, 15) is 4.79 Å². The van der Waals surface area contributed by atoms with Crippen LogP contribution in [0, 0.1) is 0 Å². The van der Waals surface area contributed by atoms with E-state index < -0.39 is 0 Å². The third-order valence-corrected chi connectivity index (χ3v) is 3.70. The van der Waals surface area contributed by atoms with E-state index in [0.29, 0.717) is 0 Å². The number of hydrogen-bond acceptors (Lipinski definition) is 3. The van der Waals surface area contributed by atoms with E-state index >= 15 is 0 Å². The average molecular weight is 272 g/mol. The van der Waals surface area contributed by atoms with Crippen molar-refractivity contribution in [2.24, 2.45) is 0 Å².